The third-order valence-electron chi connectivity index (χ3n) is 7.48. The number of ether oxygens (including phenoxy) is 2. The molecule has 242 valence electrons. The number of nitrogens with two attached hydrogens (primary N) is 1. The summed E-state index contributed by atoms with van der Waals surface area (Å²) in [4.78, 5) is 25.0. The summed E-state index contributed by atoms with van der Waals surface area (Å²) in [6.45, 7) is -1.22. The minimum Gasteiger partial charge on any atom is -0.448 e. The lowest BCUT2D eigenvalue weighted by molar-refractivity contribution is -0.124. The minimum atomic E-state index is -4.54. The van der Waals surface area contributed by atoms with E-state index < -0.39 is 48.5 Å². The van der Waals surface area contributed by atoms with Crippen molar-refractivity contribution in [3.63, 3.8) is 0 Å². The second-order valence-electron chi connectivity index (χ2n) is 10.8. The van der Waals surface area contributed by atoms with Crippen molar-refractivity contribution in [2.24, 2.45) is 5.73 Å². The Labute approximate surface area is 262 Å². The van der Waals surface area contributed by atoms with Crippen LogP contribution in [0.2, 0.25) is 5.02 Å². The maximum atomic E-state index is 15.0. The Kier molecular flexibility index (Phi) is 11.9. The van der Waals surface area contributed by atoms with Crippen molar-refractivity contribution in [3.05, 3.63) is 106 Å². The van der Waals surface area contributed by atoms with E-state index in [1.807, 2.05) is 0 Å². The Morgan fingerprint density at radius 1 is 1.07 bits per heavy atom. The van der Waals surface area contributed by atoms with Crippen LogP contribution in [-0.2, 0) is 27.1 Å². The number of Topliss-reactive ketones (excluding diaryl/α,β-unsaturated/α-hetero) is 1. The molecule has 0 aromatic heterocycles. The fraction of sp³-hybridized carbons (Fsp3) is 0.375. The van der Waals surface area contributed by atoms with Crippen LogP contribution in [-0.4, -0.2) is 62.5 Å². The number of morpholine rings is 1. The molecule has 13 heteroatoms. The molecule has 4 N–H and O–H groups in total. The monoisotopic (exact) mass is 653 g/mol. The number of rotatable bonds is 12. The lowest BCUT2D eigenvalue weighted by Crippen LogP contribution is -2.49. The van der Waals surface area contributed by atoms with Gasteiger partial charge < -0.3 is 25.8 Å². The van der Waals surface area contributed by atoms with Crippen LogP contribution in [0.1, 0.15) is 34.6 Å². The zero-order valence-electron chi connectivity index (χ0n) is 24.1. The van der Waals surface area contributed by atoms with Crippen LogP contribution >= 0.6 is 11.6 Å². The fourth-order valence-electron chi connectivity index (χ4n) is 5.18. The summed E-state index contributed by atoms with van der Waals surface area (Å²) in [6, 6.07) is 15.7. The minimum absolute atomic E-state index is 0.128. The van der Waals surface area contributed by atoms with E-state index in [4.69, 9.17) is 26.8 Å². The Morgan fingerprint density at radius 3 is 2.47 bits per heavy atom. The normalized spacial score (nSPS) is 18.2. The topological polar surface area (TPSA) is 103 Å². The zero-order valence-corrected chi connectivity index (χ0v) is 24.8. The summed E-state index contributed by atoms with van der Waals surface area (Å²) in [6.07, 6.45) is -5.52. The largest absolute Gasteiger partial charge is 0.448 e. The van der Waals surface area contributed by atoms with Crippen molar-refractivity contribution >= 4 is 23.5 Å². The summed E-state index contributed by atoms with van der Waals surface area (Å²) in [5.41, 5.74) is 8.69. The van der Waals surface area contributed by atoms with E-state index in [0.717, 1.165) is 0 Å². The van der Waals surface area contributed by atoms with Gasteiger partial charge in [0.15, 0.2) is 5.78 Å². The first kappa shape index (κ1) is 34.3. The van der Waals surface area contributed by atoms with E-state index in [9.17, 15) is 27.2 Å². The van der Waals surface area contributed by atoms with E-state index in [1.165, 1.54) is 24.3 Å². The standard InChI is InChI=1S/C32H33ClF5N3O4/c33-22-5-1-4-21(13-22)29(19-7-9-23(34)10-8-19)30(39)28(42)14-20-3-2-6-27(35)26(20)12-11-25-15-40-24(16-44-25)17-45-31(43)41-18-32(36,37)38/h1-10,13,24-25,29-30,40H,11-12,14-18,39H2,(H,41,43)/t24-,25+,29+,30+/m0/s1. The second-order valence-corrected chi connectivity index (χ2v) is 11.2. The van der Waals surface area contributed by atoms with E-state index in [2.05, 4.69) is 5.32 Å². The maximum absolute atomic E-state index is 15.0. The fourth-order valence-corrected chi connectivity index (χ4v) is 5.38. The highest BCUT2D eigenvalue weighted by Crippen LogP contribution is 2.31. The van der Waals surface area contributed by atoms with Gasteiger partial charge in [-0.2, -0.15) is 13.2 Å². The molecule has 0 radical (unpaired) electrons. The lowest BCUT2D eigenvalue weighted by atomic mass is 9.82. The molecular weight excluding hydrogens is 621 g/mol. The third-order valence-corrected chi connectivity index (χ3v) is 7.72. The molecule has 7 nitrogen and oxygen atoms in total. The summed E-state index contributed by atoms with van der Waals surface area (Å²) >= 11 is 6.22. The van der Waals surface area contributed by atoms with E-state index in [0.29, 0.717) is 40.2 Å². The van der Waals surface area contributed by atoms with Crippen LogP contribution in [0, 0.1) is 11.6 Å². The SMILES string of the molecule is N[C@H](C(=O)Cc1cccc(F)c1CC[C@@H]1CN[C@H](COC(=O)NCC(F)(F)F)CO1)[C@H](c1ccc(F)cc1)c1cccc(Cl)c1. The van der Waals surface area contributed by atoms with Gasteiger partial charge in [-0.15, -0.1) is 0 Å². The molecule has 4 rings (SSSR count). The van der Waals surface area contributed by atoms with Gasteiger partial charge in [-0.05, 0) is 65.4 Å². The molecule has 0 spiro atoms. The Bertz CT molecular complexity index is 1450. The zero-order chi connectivity index (χ0) is 32.6. The number of halogens is 6. The van der Waals surface area contributed by atoms with Crippen molar-refractivity contribution in [2.45, 2.75) is 49.5 Å². The van der Waals surface area contributed by atoms with Gasteiger partial charge in [-0.25, -0.2) is 13.6 Å². The molecule has 0 aliphatic carbocycles. The molecule has 1 fully saturated rings. The predicted octanol–water partition coefficient (Wildman–Crippen LogP) is 5.47. The van der Waals surface area contributed by atoms with Gasteiger partial charge in [-0.3, -0.25) is 4.79 Å². The summed E-state index contributed by atoms with van der Waals surface area (Å²) in [5, 5.41) is 5.19. The quantitative estimate of drug-likeness (QED) is 0.224. The molecule has 3 aromatic carbocycles. The van der Waals surface area contributed by atoms with Gasteiger partial charge in [0.1, 0.15) is 24.8 Å². The summed E-state index contributed by atoms with van der Waals surface area (Å²) in [5.74, 6) is -1.86. The molecule has 0 bridgehead atoms. The molecular formula is C32H33ClF5N3O4. The summed E-state index contributed by atoms with van der Waals surface area (Å²) in [7, 11) is 0. The van der Waals surface area contributed by atoms with Crippen LogP contribution in [0.3, 0.4) is 0 Å². The molecule has 0 unspecified atom stereocenters. The second kappa shape index (κ2) is 15.6. The maximum Gasteiger partial charge on any atom is 0.407 e. The number of nitrogens with one attached hydrogen (secondary N) is 2. The van der Waals surface area contributed by atoms with Gasteiger partial charge >= 0.3 is 12.3 Å². The van der Waals surface area contributed by atoms with Gasteiger partial charge in [-0.1, -0.05) is 48.0 Å². The summed E-state index contributed by atoms with van der Waals surface area (Å²) < 4.78 is 76.0. The Balaban J connectivity index is 1.36. The van der Waals surface area contributed by atoms with Crippen LogP contribution in [0.5, 0.6) is 0 Å². The first-order valence-corrected chi connectivity index (χ1v) is 14.6. The Morgan fingerprint density at radius 2 is 1.80 bits per heavy atom. The number of carbonyl (C=O) groups is 2. The number of benzene rings is 3. The number of hydrogen-bond donors (Lipinski definition) is 3. The van der Waals surface area contributed by atoms with Crippen molar-refractivity contribution in [3.8, 4) is 0 Å². The number of amides is 1. The van der Waals surface area contributed by atoms with Crippen LogP contribution in [0.25, 0.3) is 0 Å². The first-order chi connectivity index (χ1) is 21.4. The number of alkyl carbamates (subject to hydrolysis) is 1. The molecule has 1 aliphatic heterocycles. The van der Waals surface area contributed by atoms with Crippen LogP contribution in [0.15, 0.2) is 66.7 Å². The van der Waals surface area contributed by atoms with Gasteiger partial charge in [0, 0.05) is 23.9 Å². The number of ketones is 1. The molecule has 1 aliphatic rings. The number of alkyl halides is 3. The number of carbonyl (C=O) groups excluding carboxylic acids is 2. The van der Waals surface area contributed by atoms with Crippen LogP contribution in [0.4, 0.5) is 26.7 Å². The number of hydrogen-bond acceptors (Lipinski definition) is 6. The van der Waals surface area contributed by atoms with Crippen LogP contribution < -0.4 is 16.4 Å². The molecule has 45 heavy (non-hydrogen) atoms. The van der Waals surface area contributed by atoms with Gasteiger partial charge in [0.05, 0.1) is 24.8 Å². The van der Waals surface area contributed by atoms with E-state index in [1.54, 1.807) is 47.8 Å². The highest BCUT2D eigenvalue weighted by Gasteiger charge is 2.30. The smallest absolute Gasteiger partial charge is 0.407 e. The average molecular weight is 654 g/mol. The van der Waals surface area contributed by atoms with Crippen molar-refractivity contribution in [2.75, 3.05) is 26.3 Å². The van der Waals surface area contributed by atoms with Crippen molar-refractivity contribution in [1.29, 1.82) is 0 Å². The van der Waals surface area contributed by atoms with E-state index in [-0.39, 0.29) is 37.9 Å². The van der Waals surface area contributed by atoms with Gasteiger partial charge in [0.25, 0.3) is 0 Å². The highest BCUT2D eigenvalue weighted by molar-refractivity contribution is 6.30. The highest BCUT2D eigenvalue weighted by atomic mass is 35.5. The van der Waals surface area contributed by atoms with Crippen molar-refractivity contribution in [1.82, 2.24) is 10.6 Å². The first-order valence-electron chi connectivity index (χ1n) is 14.3. The lowest BCUT2D eigenvalue weighted by Gasteiger charge is -2.30. The van der Waals surface area contributed by atoms with E-state index >= 15 is 4.39 Å². The predicted molar refractivity (Wildman–Crippen MR) is 158 cm³/mol. The van der Waals surface area contributed by atoms with Gasteiger partial charge in [0.2, 0.25) is 0 Å². The average Bonchev–Trinajstić information content (AvgIpc) is 3.00. The molecule has 3 aromatic rings. The Hall–Kier alpha value is -3.58. The van der Waals surface area contributed by atoms with Crippen molar-refractivity contribution < 1.29 is 41.0 Å². The molecule has 1 saturated heterocycles. The molecule has 1 amide bonds. The molecule has 4 atom stereocenters. The molecule has 0 saturated carbocycles. The third kappa shape index (κ3) is 10.2. The molecule has 1 heterocycles.